The Morgan fingerprint density at radius 1 is 1.40 bits per heavy atom. The number of rotatable bonds is 2. The standard InChI is InChI=1S/C13H12BrN5O/c1-7-10(6-8-3-2-4-9(14)5-8)11(20)19-13(16-7)17-12(15)18-19/h2-5H,6H2,1H3,(H3,15,16,17,18). The molecule has 0 bridgehead atoms. The minimum Gasteiger partial charge on any atom is -0.368 e. The number of halogens is 1. The molecule has 3 aromatic rings. The monoisotopic (exact) mass is 333 g/mol. The molecule has 0 saturated heterocycles. The largest absolute Gasteiger partial charge is 0.368 e. The van der Waals surface area contributed by atoms with Crippen molar-refractivity contribution in [3.63, 3.8) is 0 Å². The highest BCUT2D eigenvalue weighted by Crippen LogP contribution is 2.15. The van der Waals surface area contributed by atoms with Gasteiger partial charge >= 0.3 is 0 Å². The van der Waals surface area contributed by atoms with Gasteiger partial charge in [-0.2, -0.15) is 9.50 Å². The SMILES string of the molecule is Cc1nc2nc(N)[nH]n2c(=O)c1Cc1cccc(Br)c1. The Morgan fingerprint density at radius 2 is 2.20 bits per heavy atom. The van der Waals surface area contributed by atoms with E-state index in [1.165, 1.54) is 4.52 Å². The Balaban J connectivity index is 2.14. The van der Waals surface area contributed by atoms with Crippen LogP contribution in [0.15, 0.2) is 33.5 Å². The molecule has 0 aliphatic carbocycles. The average Bonchev–Trinajstić information content (AvgIpc) is 2.75. The molecule has 20 heavy (non-hydrogen) atoms. The van der Waals surface area contributed by atoms with Gasteiger partial charge < -0.3 is 5.73 Å². The van der Waals surface area contributed by atoms with Crippen molar-refractivity contribution >= 4 is 27.7 Å². The average molecular weight is 334 g/mol. The first-order chi connectivity index (χ1) is 9.54. The summed E-state index contributed by atoms with van der Waals surface area (Å²) in [5.41, 5.74) is 7.72. The molecule has 3 N–H and O–H groups in total. The summed E-state index contributed by atoms with van der Waals surface area (Å²) < 4.78 is 2.25. The number of nitrogens with zero attached hydrogens (tertiary/aromatic N) is 3. The number of hydrogen-bond acceptors (Lipinski definition) is 4. The van der Waals surface area contributed by atoms with Gasteiger partial charge in [-0.15, -0.1) is 0 Å². The maximum Gasteiger partial charge on any atom is 0.277 e. The van der Waals surface area contributed by atoms with Crippen LogP contribution in [0.5, 0.6) is 0 Å². The number of anilines is 1. The van der Waals surface area contributed by atoms with Crippen LogP contribution in [-0.4, -0.2) is 19.6 Å². The summed E-state index contributed by atoms with van der Waals surface area (Å²) in [6.45, 7) is 1.81. The Hall–Kier alpha value is -2.15. The maximum atomic E-state index is 12.4. The number of hydrogen-bond donors (Lipinski definition) is 2. The van der Waals surface area contributed by atoms with Gasteiger partial charge in [-0.25, -0.2) is 4.98 Å². The number of nitrogens with two attached hydrogens (primary N) is 1. The van der Waals surface area contributed by atoms with E-state index in [9.17, 15) is 4.79 Å². The summed E-state index contributed by atoms with van der Waals surface area (Å²) in [6.07, 6.45) is 0.513. The van der Waals surface area contributed by atoms with Gasteiger partial charge in [-0.1, -0.05) is 28.1 Å². The van der Waals surface area contributed by atoms with Crippen molar-refractivity contribution in [1.29, 1.82) is 0 Å². The van der Waals surface area contributed by atoms with Crippen LogP contribution in [0, 0.1) is 6.92 Å². The second-order valence-corrected chi connectivity index (χ2v) is 5.45. The number of aromatic amines is 1. The Labute approximate surface area is 122 Å². The molecule has 3 rings (SSSR count). The predicted molar refractivity (Wildman–Crippen MR) is 79.7 cm³/mol. The zero-order valence-corrected chi connectivity index (χ0v) is 12.3. The van der Waals surface area contributed by atoms with E-state index in [1.807, 2.05) is 24.3 Å². The van der Waals surface area contributed by atoms with Crippen LogP contribution in [0.4, 0.5) is 5.95 Å². The van der Waals surface area contributed by atoms with Gasteiger partial charge in [0.1, 0.15) is 0 Å². The summed E-state index contributed by atoms with van der Waals surface area (Å²) >= 11 is 3.42. The van der Waals surface area contributed by atoms with Crippen molar-refractivity contribution in [1.82, 2.24) is 19.6 Å². The molecular formula is C13H12BrN5O. The van der Waals surface area contributed by atoms with E-state index in [4.69, 9.17) is 5.73 Å². The van der Waals surface area contributed by atoms with Crippen molar-refractivity contribution in [2.75, 3.05) is 5.73 Å². The van der Waals surface area contributed by atoms with Crippen molar-refractivity contribution in [2.24, 2.45) is 0 Å². The molecule has 2 aromatic heterocycles. The Kier molecular flexibility index (Phi) is 3.06. The number of nitrogens with one attached hydrogen (secondary N) is 1. The molecule has 7 heteroatoms. The molecule has 0 amide bonds. The number of H-pyrrole nitrogens is 1. The van der Waals surface area contributed by atoms with Crippen LogP contribution < -0.4 is 11.3 Å². The molecule has 0 fully saturated rings. The smallest absolute Gasteiger partial charge is 0.277 e. The van der Waals surface area contributed by atoms with Gasteiger partial charge in [-0.3, -0.25) is 9.89 Å². The van der Waals surface area contributed by atoms with Gasteiger partial charge in [0.25, 0.3) is 11.3 Å². The molecule has 2 heterocycles. The van der Waals surface area contributed by atoms with Gasteiger partial charge in [0.15, 0.2) is 0 Å². The summed E-state index contributed by atoms with van der Waals surface area (Å²) in [7, 11) is 0. The van der Waals surface area contributed by atoms with E-state index in [2.05, 4.69) is 31.0 Å². The van der Waals surface area contributed by atoms with Crippen molar-refractivity contribution in [3.05, 3.63) is 55.9 Å². The molecule has 0 unspecified atom stereocenters. The van der Waals surface area contributed by atoms with E-state index in [-0.39, 0.29) is 11.5 Å². The first-order valence-electron chi connectivity index (χ1n) is 6.03. The molecule has 0 atom stereocenters. The summed E-state index contributed by atoms with van der Waals surface area (Å²) in [6, 6.07) is 7.83. The third kappa shape index (κ3) is 2.20. The van der Waals surface area contributed by atoms with Crippen LogP contribution in [0.3, 0.4) is 0 Å². The van der Waals surface area contributed by atoms with Gasteiger partial charge in [0.05, 0.1) is 5.69 Å². The molecule has 6 nitrogen and oxygen atoms in total. The fourth-order valence-corrected chi connectivity index (χ4v) is 2.57. The predicted octanol–water partition coefficient (Wildman–Crippen LogP) is 1.66. The number of aryl methyl sites for hydroxylation is 1. The zero-order chi connectivity index (χ0) is 14.3. The fraction of sp³-hybridized carbons (Fsp3) is 0.154. The van der Waals surface area contributed by atoms with Gasteiger partial charge in [0.2, 0.25) is 5.95 Å². The minimum absolute atomic E-state index is 0.170. The van der Waals surface area contributed by atoms with Crippen molar-refractivity contribution in [3.8, 4) is 0 Å². The lowest BCUT2D eigenvalue weighted by Gasteiger charge is -2.05. The first kappa shape index (κ1) is 12.9. The normalized spacial score (nSPS) is 11.1. The summed E-state index contributed by atoms with van der Waals surface area (Å²) in [5.74, 6) is 0.469. The molecular weight excluding hydrogens is 322 g/mol. The Bertz CT molecular complexity index is 852. The summed E-state index contributed by atoms with van der Waals surface area (Å²) in [4.78, 5) is 20.7. The highest BCUT2D eigenvalue weighted by atomic mass is 79.9. The van der Waals surface area contributed by atoms with Gasteiger partial charge in [-0.05, 0) is 24.6 Å². The van der Waals surface area contributed by atoms with Crippen LogP contribution in [0.1, 0.15) is 16.8 Å². The zero-order valence-electron chi connectivity index (χ0n) is 10.7. The molecule has 0 saturated carbocycles. The topological polar surface area (TPSA) is 89.1 Å². The Morgan fingerprint density at radius 3 is 2.95 bits per heavy atom. The molecule has 1 aromatic carbocycles. The first-order valence-corrected chi connectivity index (χ1v) is 6.82. The van der Waals surface area contributed by atoms with Gasteiger partial charge in [0, 0.05) is 16.5 Å². The van der Waals surface area contributed by atoms with Crippen LogP contribution in [0.2, 0.25) is 0 Å². The van der Waals surface area contributed by atoms with E-state index in [0.29, 0.717) is 23.5 Å². The molecule has 0 aliphatic heterocycles. The van der Waals surface area contributed by atoms with Crippen molar-refractivity contribution < 1.29 is 0 Å². The van der Waals surface area contributed by atoms with Crippen LogP contribution in [-0.2, 0) is 6.42 Å². The second kappa shape index (κ2) is 4.75. The number of benzene rings is 1. The van der Waals surface area contributed by atoms with Crippen LogP contribution >= 0.6 is 15.9 Å². The minimum atomic E-state index is -0.170. The lowest BCUT2D eigenvalue weighted by molar-refractivity contribution is 0.861. The lowest BCUT2D eigenvalue weighted by atomic mass is 10.1. The molecule has 102 valence electrons. The maximum absolute atomic E-state index is 12.4. The second-order valence-electron chi connectivity index (χ2n) is 4.53. The van der Waals surface area contributed by atoms with E-state index < -0.39 is 0 Å². The lowest BCUT2D eigenvalue weighted by Crippen LogP contribution is -2.22. The number of fused-ring (bicyclic) bond motifs is 1. The number of aromatic nitrogens is 4. The van der Waals surface area contributed by atoms with E-state index >= 15 is 0 Å². The summed E-state index contributed by atoms with van der Waals surface area (Å²) in [5, 5.41) is 2.69. The molecule has 0 spiro atoms. The van der Waals surface area contributed by atoms with Crippen LogP contribution in [0.25, 0.3) is 5.78 Å². The highest BCUT2D eigenvalue weighted by molar-refractivity contribution is 9.10. The molecule has 0 aliphatic rings. The third-order valence-corrected chi connectivity index (χ3v) is 3.58. The van der Waals surface area contributed by atoms with Crippen molar-refractivity contribution in [2.45, 2.75) is 13.3 Å². The van der Waals surface area contributed by atoms with E-state index in [0.717, 1.165) is 10.0 Å². The quantitative estimate of drug-likeness (QED) is 0.746. The van der Waals surface area contributed by atoms with E-state index in [1.54, 1.807) is 6.92 Å². The third-order valence-electron chi connectivity index (χ3n) is 3.08. The fourth-order valence-electron chi connectivity index (χ4n) is 2.13. The highest BCUT2D eigenvalue weighted by Gasteiger charge is 2.13. The molecule has 0 radical (unpaired) electrons. The number of nitrogen functional groups attached to an aromatic ring is 1.